The smallest absolute Gasteiger partial charge is 0.256 e. The van der Waals surface area contributed by atoms with Gasteiger partial charge in [-0.1, -0.05) is 36.4 Å². The lowest BCUT2D eigenvalue weighted by Crippen LogP contribution is -2.14. The molecule has 8 heteroatoms. The molecule has 0 fully saturated rings. The molecule has 1 heterocycles. The van der Waals surface area contributed by atoms with Crippen molar-refractivity contribution in [2.24, 2.45) is 5.14 Å². The predicted molar refractivity (Wildman–Crippen MR) is 117 cm³/mol. The Balaban J connectivity index is 1.86. The van der Waals surface area contributed by atoms with Crippen LogP contribution in [-0.4, -0.2) is 21.4 Å². The van der Waals surface area contributed by atoms with Crippen LogP contribution in [0.4, 0.5) is 11.4 Å². The first-order chi connectivity index (χ1) is 14.4. The summed E-state index contributed by atoms with van der Waals surface area (Å²) in [6.45, 7) is 0. The van der Waals surface area contributed by atoms with E-state index in [1.165, 1.54) is 6.07 Å². The van der Waals surface area contributed by atoms with Gasteiger partial charge in [0.15, 0.2) is 5.75 Å². The standard InChI is InChI=1S/C22H19N3O4S/c1-24-19-12-14(11-17-16-9-5-6-10-18(16)25-22(17)26)13-20(30(23,27)28)21(19)29-15-7-3-2-4-8-15/h2-13,24H,1H3,(H,25,26)(H2,23,27,28)/b17-11+. The molecule has 3 aromatic carbocycles. The van der Waals surface area contributed by atoms with Crippen LogP contribution in [0.3, 0.4) is 0 Å². The summed E-state index contributed by atoms with van der Waals surface area (Å²) < 4.78 is 30.5. The Morgan fingerprint density at radius 2 is 1.73 bits per heavy atom. The molecule has 0 spiro atoms. The number of fused-ring (bicyclic) bond motifs is 1. The van der Waals surface area contributed by atoms with Gasteiger partial charge in [-0.3, -0.25) is 4.79 Å². The van der Waals surface area contributed by atoms with E-state index >= 15 is 0 Å². The molecule has 1 amide bonds. The van der Waals surface area contributed by atoms with Gasteiger partial charge in [-0.25, -0.2) is 13.6 Å². The SMILES string of the molecule is CNc1cc(/C=C2/C(=O)Nc3ccccc32)cc(S(N)(=O)=O)c1Oc1ccccc1. The van der Waals surface area contributed by atoms with Gasteiger partial charge < -0.3 is 15.4 Å². The molecule has 0 saturated heterocycles. The first-order valence-corrected chi connectivity index (χ1v) is 10.7. The fraction of sp³-hybridized carbons (Fsp3) is 0.0455. The molecule has 0 radical (unpaired) electrons. The topological polar surface area (TPSA) is 111 Å². The first-order valence-electron chi connectivity index (χ1n) is 9.11. The van der Waals surface area contributed by atoms with E-state index in [0.29, 0.717) is 28.3 Å². The predicted octanol–water partition coefficient (Wildman–Crippen LogP) is 3.66. The number of nitrogens with one attached hydrogen (secondary N) is 2. The van der Waals surface area contributed by atoms with Crippen molar-refractivity contribution >= 4 is 39.0 Å². The van der Waals surface area contributed by atoms with Gasteiger partial charge in [0.2, 0.25) is 10.0 Å². The average molecular weight is 421 g/mol. The Morgan fingerprint density at radius 3 is 2.43 bits per heavy atom. The van der Waals surface area contributed by atoms with Crippen LogP contribution in [0.15, 0.2) is 71.6 Å². The molecule has 0 bridgehead atoms. The van der Waals surface area contributed by atoms with Crippen LogP contribution in [0.2, 0.25) is 0 Å². The zero-order valence-electron chi connectivity index (χ0n) is 16.0. The quantitative estimate of drug-likeness (QED) is 0.545. The number of amides is 1. The fourth-order valence-electron chi connectivity index (χ4n) is 3.26. The Bertz CT molecular complexity index is 1270. The van der Waals surface area contributed by atoms with Gasteiger partial charge >= 0.3 is 0 Å². The third kappa shape index (κ3) is 3.78. The normalized spacial score (nSPS) is 14.3. The van der Waals surface area contributed by atoms with Gasteiger partial charge in [-0.05, 0) is 42.0 Å². The van der Waals surface area contributed by atoms with Crippen LogP contribution in [0, 0.1) is 0 Å². The maximum Gasteiger partial charge on any atom is 0.256 e. The number of sulfonamides is 1. The lowest BCUT2D eigenvalue weighted by atomic mass is 10.0. The molecule has 7 nitrogen and oxygen atoms in total. The number of anilines is 2. The summed E-state index contributed by atoms with van der Waals surface area (Å²) in [4.78, 5) is 12.2. The molecular weight excluding hydrogens is 402 g/mol. The molecule has 4 N–H and O–H groups in total. The fourth-order valence-corrected chi connectivity index (χ4v) is 3.97. The van der Waals surface area contributed by atoms with E-state index in [1.54, 1.807) is 49.5 Å². The van der Waals surface area contributed by atoms with E-state index < -0.39 is 10.0 Å². The number of hydrogen-bond donors (Lipinski definition) is 3. The molecule has 1 aliphatic heterocycles. The number of carbonyl (C=O) groups excluding carboxylic acids is 1. The molecule has 0 atom stereocenters. The van der Waals surface area contributed by atoms with Gasteiger partial charge in [0.1, 0.15) is 10.6 Å². The molecule has 0 aromatic heterocycles. The minimum atomic E-state index is -4.11. The van der Waals surface area contributed by atoms with Crippen molar-refractivity contribution in [2.45, 2.75) is 4.90 Å². The van der Waals surface area contributed by atoms with Gasteiger partial charge in [0.25, 0.3) is 5.91 Å². The maximum atomic E-state index is 12.4. The van der Waals surface area contributed by atoms with Gasteiger partial charge in [0.05, 0.1) is 5.69 Å². The van der Waals surface area contributed by atoms with Crippen LogP contribution in [0.25, 0.3) is 11.6 Å². The lowest BCUT2D eigenvalue weighted by Gasteiger charge is -2.16. The Morgan fingerprint density at radius 1 is 1.03 bits per heavy atom. The first kappa shape index (κ1) is 19.7. The third-order valence-corrected chi connectivity index (χ3v) is 5.55. The minimum Gasteiger partial charge on any atom is -0.454 e. The van der Waals surface area contributed by atoms with Crippen LogP contribution < -0.4 is 20.5 Å². The number of carbonyl (C=O) groups is 1. The van der Waals surface area contributed by atoms with Crippen molar-refractivity contribution in [3.8, 4) is 11.5 Å². The molecule has 0 saturated carbocycles. The second-order valence-electron chi connectivity index (χ2n) is 6.66. The lowest BCUT2D eigenvalue weighted by molar-refractivity contribution is -0.110. The number of rotatable bonds is 5. The highest BCUT2D eigenvalue weighted by atomic mass is 32.2. The van der Waals surface area contributed by atoms with Crippen molar-refractivity contribution in [1.82, 2.24) is 0 Å². The summed E-state index contributed by atoms with van der Waals surface area (Å²) in [6.07, 6.45) is 1.63. The third-order valence-electron chi connectivity index (χ3n) is 4.64. The summed E-state index contributed by atoms with van der Waals surface area (Å²) in [7, 11) is -2.46. The number of benzene rings is 3. The van der Waals surface area contributed by atoms with E-state index in [9.17, 15) is 13.2 Å². The molecule has 3 aromatic rings. The number of para-hydroxylation sites is 2. The number of hydrogen-bond acceptors (Lipinski definition) is 5. The zero-order valence-corrected chi connectivity index (χ0v) is 16.9. The second kappa shape index (κ2) is 7.66. The van der Waals surface area contributed by atoms with Crippen LogP contribution in [-0.2, 0) is 14.8 Å². The number of primary sulfonamides is 1. The van der Waals surface area contributed by atoms with E-state index in [1.807, 2.05) is 24.3 Å². The molecule has 4 rings (SSSR count). The molecule has 30 heavy (non-hydrogen) atoms. The van der Waals surface area contributed by atoms with E-state index in [2.05, 4.69) is 10.6 Å². The summed E-state index contributed by atoms with van der Waals surface area (Å²) in [5.41, 5.74) is 2.80. The monoisotopic (exact) mass is 421 g/mol. The van der Waals surface area contributed by atoms with Gasteiger partial charge in [-0.15, -0.1) is 0 Å². The van der Waals surface area contributed by atoms with Crippen LogP contribution in [0.1, 0.15) is 11.1 Å². The van der Waals surface area contributed by atoms with Gasteiger partial charge in [0, 0.05) is 23.9 Å². The molecular formula is C22H19N3O4S. The minimum absolute atomic E-state index is 0.0876. The molecule has 152 valence electrons. The number of nitrogens with two attached hydrogens (primary N) is 1. The highest BCUT2D eigenvalue weighted by Gasteiger charge is 2.25. The maximum absolute atomic E-state index is 12.4. The van der Waals surface area contributed by atoms with Crippen molar-refractivity contribution in [3.63, 3.8) is 0 Å². The van der Waals surface area contributed by atoms with Crippen molar-refractivity contribution in [1.29, 1.82) is 0 Å². The Hall–Kier alpha value is -3.62. The number of ether oxygens (including phenoxy) is 1. The Kier molecular flexibility index (Phi) is 5.03. The average Bonchev–Trinajstić information content (AvgIpc) is 3.04. The van der Waals surface area contributed by atoms with Crippen LogP contribution in [0.5, 0.6) is 11.5 Å². The molecule has 1 aliphatic rings. The van der Waals surface area contributed by atoms with Crippen molar-refractivity contribution < 1.29 is 17.9 Å². The highest BCUT2D eigenvalue weighted by molar-refractivity contribution is 7.89. The van der Waals surface area contributed by atoms with E-state index in [4.69, 9.17) is 9.88 Å². The largest absolute Gasteiger partial charge is 0.454 e. The van der Waals surface area contributed by atoms with Crippen LogP contribution >= 0.6 is 0 Å². The molecule has 0 unspecified atom stereocenters. The zero-order chi connectivity index (χ0) is 21.3. The summed E-state index contributed by atoms with van der Waals surface area (Å²) >= 11 is 0. The van der Waals surface area contributed by atoms with E-state index in [0.717, 1.165) is 5.56 Å². The van der Waals surface area contributed by atoms with Crippen molar-refractivity contribution in [2.75, 3.05) is 17.7 Å². The van der Waals surface area contributed by atoms with Crippen molar-refractivity contribution in [3.05, 3.63) is 77.9 Å². The van der Waals surface area contributed by atoms with E-state index in [-0.39, 0.29) is 16.6 Å². The summed E-state index contributed by atoms with van der Waals surface area (Å²) in [5.74, 6) is 0.294. The molecule has 0 aliphatic carbocycles. The highest BCUT2D eigenvalue weighted by Crippen LogP contribution is 2.39. The second-order valence-corrected chi connectivity index (χ2v) is 8.19. The summed E-state index contributed by atoms with van der Waals surface area (Å²) in [5, 5.41) is 11.2. The summed E-state index contributed by atoms with van der Waals surface area (Å²) in [6, 6.07) is 19.2. The Labute approximate surface area is 174 Å². The van der Waals surface area contributed by atoms with Gasteiger partial charge in [-0.2, -0.15) is 0 Å².